The lowest BCUT2D eigenvalue weighted by Crippen LogP contribution is -2.14. The number of anilines is 1. The first kappa shape index (κ1) is 27.6. The third kappa shape index (κ3) is 6.51. The third-order valence-electron chi connectivity index (χ3n) is 5.79. The van der Waals surface area contributed by atoms with Gasteiger partial charge >= 0.3 is 5.97 Å². The molecule has 7 nitrogen and oxygen atoms in total. The lowest BCUT2D eigenvalue weighted by atomic mass is 10.0. The average molecular weight is 573 g/mol. The van der Waals surface area contributed by atoms with Gasteiger partial charge in [0.05, 0.1) is 37.1 Å². The number of halogens is 2. The van der Waals surface area contributed by atoms with Gasteiger partial charge in [0.25, 0.3) is 0 Å². The maximum Gasteiger partial charge on any atom is 0.348 e. The molecule has 0 spiro atoms. The van der Waals surface area contributed by atoms with E-state index in [0.717, 1.165) is 16.3 Å². The van der Waals surface area contributed by atoms with Gasteiger partial charge in [-0.15, -0.1) is 11.3 Å². The number of carbonyl (C=O) groups is 1. The molecule has 0 saturated carbocycles. The summed E-state index contributed by atoms with van der Waals surface area (Å²) in [5.41, 5.74) is 2.20. The second-order valence-electron chi connectivity index (χ2n) is 8.11. The van der Waals surface area contributed by atoms with E-state index in [4.69, 9.17) is 42.1 Å². The highest BCUT2D eigenvalue weighted by atomic mass is 35.5. The number of pyridine rings is 1. The molecule has 0 unspecified atom stereocenters. The normalized spacial score (nSPS) is 11.5. The van der Waals surface area contributed by atoms with Crippen LogP contribution in [0.25, 0.3) is 0 Å². The maximum absolute atomic E-state index is 13.3. The quantitative estimate of drug-likeness (QED) is 0.190. The fourth-order valence-corrected chi connectivity index (χ4v) is 5.19. The van der Waals surface area contributed by atoms with Crippen molar-refractivity contribution in [2.24, 2.45) is 0 Å². The van der Waals surface area contributed by atoms with Crippen LogP contribution in [0, 0.1) is 0 Å². The van der Waals surface area contributed by atoms with Gasteiger partial charge < -0.3 is 24.3 Å². The molecule has 0 saturated heterocycles. The number of hydrogen-bond acceptors (Lipinski definition) is 8. The van der Waals surface area contributed by atoms with Crippen molar-refractivity contribution in [1.29, 1.82) is 0 Å². The monoisotopic (exact) mass is 572 g/mol. The van der Waals surface area contributed by atoms with Crippen LogP contribution in [0.2, 0.25) is 10.0 Å². The minimum absolute atomic E-state index is 0.245. The number of aromatic nitrogens is 1. The smallest absolute Gasteiger partial charge is 0.348 e. The fourth-order valence-electron chi connectivity index (χ4n) is 3.84. The predicted molar refractivity (Wildman–Crippen MR) is 150 cm³/mol. The SMILES string of the molecule is COc1ccccc1NCc1ccc(C(=O)O[C@@H](Cc2c(Cl)cncc2Cl)c2ccc(OC)c(OC)c2)s1. The summed E-state index contributed by atoms with van der Waals surface area (Å²) in [4.78, 5) is 18.7. The average Bonchev–Trinajstić information content (AvgIpc) is 3.42. The zero-order valence-electron chi connectivity index (χ0n) is 21.0. The zero-order valence-corrected chi connectivity index (χ0v) is 23.3. The molecule has 0 aliphatic carbocycles. The molecule has 2 aromatic carbocycles. The van der Waals surface area contributed by atoms with Gasteiger partial charge in [-0.1, -0.05) is 41.4 Å². The summed E-state index contributed by atoms with van der Waals surface area (Å²) in [6.45, 7) is 0.527. The Balaban J connectivity index is 1.55. The first-order chi connectivity index (χ1) is 18.4. The zero-order chi connectivity index (χ0) is 27.1. The van der Waals surface area contributed by atoms with E-state index >= 15 is 0 Å². The van der Waals surface area contributed by atoms with Crippen LogP contribution in [0.4, 0.5) is 5.69 Å². The van der Waals surface area contributed by atoms with Crippen LogP contribution in [0.1, 0.15) is 31.8 Å². The summed E-state index contributed by atoms with van der Waals surface area (Å²) >= 11 is 14.1. The Kier molecular flexibility index (Phi) is 9.33. The highest BCUT2D eigenvalue weighted by molar-refractivity contribution is 7.13. The van der Waals surface area contributed by atoms with Gasteiger partial charge in [0.15, 0.2) is 11.5 Å². The lowest BCUT2D eigenvalue weighted by Gasteiger charge is -2.20. The second-order valence-corrected chi connectivity index (χ2v) is 10.1. The predicted octanol–water partition coefficient (Wildman–Crippen LogP) is 7.23. The number of nitrogens with zero attached hydrogens (tertiary/aromatic N) is 1. The van der Waals surface area contributed by atoms with Crippen molar-refractivity contribution >= 4 is 46.2 Å². The standard InChI is InChI=1S/C28H26Cl2N2O5S/c1-34-23-7-5-4-6-22(23)32-14-18-9-11-27(38-18)28(33)37-25(13-19-20(29)15-31-16-21(19)30)17-8-10-24(35-2)26(12-17)36-3/h4-12,15-16,25,32H,13-14H2,1-3H3/t25-/m0/s1. The summed E-state index contributed by atoms with van der Waals surface area (Å²) in [5.74, 6) is 1.36. The molecule has 1 N–H and O–H groups in total. The summed E-state index contributed by atoms with van der Waals surface area (Å²) in [6.07, 6.45) is 2.57. The maximum atomic E-state index is 13.3. The van der Waals surface area contributed by atoms with Crippen molar-refractivity contribution in [3.05, 3.63) is 97.9 Å². The van der Waals surface area contributed by atoms with Gasteiger partial charge in [0.2, 0.25) is 0 Å². The van der Waals surface area contributed by atoms with E-state index < -0.39 is 12.1 Å². The van der Waals surface area contributed by atoms with Crippen LogP contribution in [-0.4, -0.2) is 32.3 Å². The van der Waals surface area contributed by atoms with Gasteiger partial charge in [0.1, 0.15) is 16.7 Å². The Morgan fingerprint density at radius 1 is 0.921 bits per heavy atom. The number of carbonyl (C=O) groups excluding carboxylic acids is 1. The number of thiophene rings is 1. The Hall–Kier alpha value is -3.46. The second kappa shape index (κ2) is 12.9. The number of ether oxygens (including phenoxy) is 4. The molecule has 4 aromatic rings. The van der Waals surface area contributed by atoms with Gasteiger partial charge in [0, 0.05) is 30.2 Å². The molecule has 0 fully saturated rings. The number of rotatable bonds is 11. The number of hydrogen-bond donors (Lipinski definition) is 1. The van der Waals surface area contributed by atoms with Gasteiger partial charge in [-0.05, 0) is 47.5 Å². The van der Waals surface area contributed by atoms with Crippen LogP contribution in [-0.2, 0) is 17.7 Å². The highest BCUT2D eigenvalue weighted by Gasteiger charge is 2.24. The molecule has 0 bridgehead atoms. The molecule has 0 aliphatic rings. The van der Waals surface area contributed by atoms with Crippen LogP contribution < -0.4 is 19.5 Å². The number of methoxy groups -OCH3 is 3. The molecular weight excluding hydrogens is 547 g/mol. The number of nitrogens with one attached hydrogen (secondary N) is 1. The number of para-hydroxylation sites is 2. The molecule has 2 aromatic heterocycles. The van der Waals surface area contributed by atoms with E-state index in [9.17, 15) is 4.79 Å². The van der Waals surface area contributed by atoms with E-state index in [1.54, 1.807) is 39.5 Å². The van der Waals surface area contributed by atoms with Crippen molar-refractivity contribution < 1.29 is 23.7 Å². The van der Waals surface area contributed by atoms with Crippen LogP contribution >= 0.6 is 34.5 Å². The first-order valence-corrected chi connectivity index (χ1v) is 13.2. The molecular formula is C28H26Cl2N2O5S. The number of esters is 1. The van der Waals surface area contributed by atoms with E-state index in [-0.39, 0.29) is 6.42 Å². The molecule has 0 amide bonds. The molecule has 198 valence electrons. The molecule has 38 heavy (non-hydrogen) atoms. The minimum atomic E-state index is -0.697. The Morgan fingerprint density at radius 3 is 2.34 bits per heavy atom. The van der Waals surface area contributed by atoms with Crippen molar-refractivity contribution in [1.82, 2.24) is 4.98 Å². The Morgan fingerprint density at radius 2 is 1.63 bits per heavy atom. The fraction of sp³-hybridized carbons (Fsp3) is 0.214. The molecule has 0 radical (unpaired) electrons. The van der Waals surface area contributed by atoms with Gasteiger partial charge in [-0.25, -0.2) is 4.79 Å². The largest absolute Gasteiger partial charge is 0.495 e. The van der Waals surface area contributed by atoms with Gasteiger partial charge in [-0.3, -0.25) is 4.98 Å². The summed E-state index contributed by atoms with van der Waals surface area (Å²) in [6, 6.07) is 16.7. The van der Waals surface area contributed by atoms with Crippen molar-refractivity contribution in [3.8, 4) is 17.2 Å². The molecule has 4 rings (SSSR count). The summed E-state index contributed by atoms with van der Waals surface area (Å²) < 4.78 is 22.2. The van der Waals surface area contributed by atoms with E-state index in [1.165, 1.54) is 23.7 Å². The van der Waals surface area contributed by atoms with Crippen LogP contribution in [0.3, 0.4) is 0 Å². The minimum Gasteiger partial charge on any atom is -0.495 e. The third-order valence-corrected chi connectivity index (χ3v) is 7.51. The Bertz CT molecular complexity index is 1390. The van der Waals surface area contributed by atoms with Crippen molar-refractivity contribution in [2.45, 2.75) is 19.1 Å². The molecule has 0 aliphatic heterocycles. The van der Waals surface area contributed by atoms with E-state index in [2.05, 4.69) is 10.3 Å². The van der Waals surface area contributed by atoms with Crippen molar-refractivity contribution in [3.63, 3.8) is 0 Å². The lowest BCUT2D eigenvalue weighted by molar-refractivity contribution is 0.0303. The number of benzene rings is 2. The van der Waals surface area contributed by atoms with Gasteiger partial charge in [-0.2, -0.15) is 0 Å². The Labute approximate surface area is 235 Å². The van der Waals surface area contributed by atoms with E-state index in [0.29, 0.717) is 44.1 Å². The van der Waals surface area contributed by atoms with Crippen LogP contribution in [0.5, 0.6) is 17.2 Å². The first-order valence-electron chi connectivity index (χ1n) is 11.6. The van der Waals surface area contributed by atoms with E-state index in [1.807, 2.05) is 36.4 Å². The highest BCUT2D eigenvalue weighted by Crippen LogP contribution is 2.36. The molecule has 2 heterocycles. The molecule has 1 atom stereocenters. The van der Waals surface area contributed by atoms with Crippen molar-refractivity contribution in [2.75, 3.05) is 26.6 Å². The topological polar surface area (TPSA) is 78.9 Å². The van der Waals surface area contributed by atoms with Crippen LogP contribution in [0.15, 0.2) is 67.0 Å². The summed E-state index contributed by atoms with van der Waals surface area (Å²) in [7, 11) is 4.73. The molecule has 10 heteroatoms. The summed E-state index contributed by atoms with van der Waals surface area (Å²) in [5, 5.41) is 4.12.